The summed E-state index contributed by atoms with van der Waals surface area (Å²) in [4.78, 5) is 0. The zero-order valence-electron chi connectivity index (χ0n) is 9.73. The van der Waals surface area contributed by atoms with Gasteiger partial charge in [0.05, 0.1) is 0 Å². The SMILES string of the molecule is [O]C(CCCCCl)c1cccc2ccccc12. The minimum atomic E-state index is -0.635. The van der Waals surface area contributed by atoms with Crippen LogP contribution in [-0.2, 0) is 5.11 Å². The second-order valence-electron chi connectivity index (χ2n) is 4.24. The molecule has 1 radical (unpaired) electrons. The molecule has 0 N–H and O–H groups in total. The van der Waals surface area contributed by atoms with Gasteiger partial charge in [-0.2, -0.15) is 0 Å². The Kier molecular flexibility index (Phi) is 4.41. The lowest BCUT2D eigenvalue weighted by Gasteiger charge is -2.11. The molecule has 17 heavy (non-hydrogen) atoms. The summed E-state index contributed by atoms with van der Waals surface area (Å²) in [5.41, 5.74) is 0.915. The van der Waals surface area contributed by atoms with Gasteiger partial charge in [-0.25, -0.2) is 5.11 Å². The number of alkyl halides is 1. The van der Waals surface area contributed by atoms with Crippen molar-refractivity contribution in [2.45, 2.75) is 25.4 Å². The van der Waals surface area contributed by atoms with E-state index < -0.39 is 6.10 Å². The van der Waals surface area contributed by atoms with Crippen LogP contribution >= 0.6 is 11.6 Å². The van der Waals surface area contributed by atoms with E-state index in [9.17, 15) is 5.11 Å². The molecule has 0 saturated carbocycles. The number of fused-ring (bicyclic) bond motifs is 1. The Labute approximate surface area is 107 Å². The Morgan fingerprint density at radius 2 is 1.76 bits per heavy atom. The highest BCUT2D eigenvalue weighted by atomic mass is 35.5. The molecule has 0 amide bonds. The van der Waals surface area contributed by atoms with E-state index in [0.717, 1.165) is 29.2 Å². The van der Waals surface area contributed by atoms with Gasteiger partial charge in [0.25, 0.3) is 0 Å². The van der Waals surface area contributed by atoms with Gasteiger partial charge >= 0.3 is 0 Å². The molecule has 2 heteroatoms. The maximum atomic E-state index is 12.2. The van der Waals surface area contributed by atoms with Gasteiger partial charge in [-0.15, -0.1) is 11.6 Å². The number of unbranched alkanes of at least 4 members (excludes halogenated alkanes) is 1. The van der Waals surface area contributed by atoms with Crippen molar-refractivity contribution in [3.63, 3.8) is 0 Å². The number of hydrogen-bond donors (Lipinski definition) is 0. The van der Waals surface area contributed by atoms with E-state index in [1.807, 2.05) is 42.5 Å². The topological polar surface area (TPSA) is 19.9 Å². The minimum Gasteiger partial charge on any atom is -0.228 e. The standard InChI is InChI=1S/C15H16ClO/c16-11-4-3-10-15(17)14-9-5-7-12-6-1-2-8-13(12)14/h1-2,5-9,15H,3-4,10-11H2. The third kappa shape index (κ3) is 2.99. The lowest BCUT2D eigenvalue weighted by atomic mass is 9.97. The quantitative estimate of drug-likeness (QED) is 0.538. The van der Waals surface area contributed by atoms with Gasteiger partial charge in [0.2, 0.25) is 0 Å². The molecule has 0 aliphatic heterocycles. The van der Waals surface area contributed by atoms with E-state index in [-0.39, 0.29) is 0 Å². The maximum absolute atomic E-state index is 12.2. The van der Waals surface area contributed by atoms with Crippen molar-refractivity contribution in [1.29, 1.82) is 0 Å². The van der Waals surface area contributed by atoms with Crippen LogP contribution in [-0.4, -0.2) is 5.88 Å². The highest BCUT2D eigenvalue weighted by Gasteiger charge is 2.11. The smallest absolute Gasteiger partial charge is 0.119 e. The van der Waals surface area contributed by atoms with Gasteiger partial charge in [0, 0.05) is 5.88 Å². The molecule has 0 fully saturated rings. The molecule has 0 bridgehead atoms. The van der Waals surface area contributed by atoms with Crippen molar-refractivity contribution in [1.82, 2.24) is 0 Å². The fourth-order valence-corrected chi connectivity index (χ4v) is 2.30. The van der Waals surface area contributed by atoms with Gasteiger partial charge in [-0.05, 0) is 35.6 Å². The average molecular weight is 248 g/mol. The van der Waals surface area contributed by atoms with Crippen molar-refractivity contribution in [3.8, 4) is 0 Å². The van der Waals surface area contributed by atoms with E-state index in [1.54, 1.807) is 0 Å². The van der Waals surface area contributed by atoms with Crippen LogP contribution in [0.15, 0.2) is 42.5 Å². The Hall–Kier alpha value is -1.05. The van der Waals surface area contributed by atoms with Gasteiger partial charge in [0.1, 0.15) is 6.10 Å². The molecule has 0 saturated heterocycles. The molecule has 89 valence electrons. The number of hydrogen-bond acceptors (Lipinski definition) is 0. The van der Waals surface area contributed by atoms with E-state index in [0.29, 0.717) is 12.3 Å². The molecule has 0 heterocycles. The number of halogens is 1. The summed E-state index contributed by atoms with van der Waals surface area (Å²) < 4.78 is 0. The third-order valence-corrected chi connectivity index (χ3v) is 3.29. The van der Waals surface area contributed by atoms with E-state index in [1.165, 1.54) is 0 Å². The second-order valence-corrected chi connectivity index (χ2v) is 4.62. The molecule has 2 rings (SSSR count). The van der Waals surface area contributed by atoms with Crippen molar-refractivity contribution in [2.24, 2.45) is 0 Å². The minimum absolute atomic E-state index is 0.635. The van der Waals surface area contributed by atoms with Crippen LogP contribution in [0.25, 0.3) is 10.8 Å². The molecule has 1 nitrogen and oxygen atoms in total. The molecule has 0 aliphatic carbocycles. The molecule has 1 unspecified atom stereocenters. The van der Waals surface area contributed by atoms with Gasteiger partial charge < -0.3 is 0 Å². The predicted octanol–water partition coefficient (Wildman–Crippen LogP) is 4.72. The molecular formula is C15H16ClO. The maximum Gasteiger partial charge on any atom is 0.119 e. The first kappa shape index (κ1) is 12.4. The summed E-state index contributed by atoms with van der Waals surface area (Å²) in [7, 11) is 0. The molecule has 0 spiro atoms. The first-order valence-electron chi connectivity index (χ1n) is 6.02. The Morgan fingerprint density at radius 3 is 2.59 bits per heavy atom. The van der Waals surface area contributed by atoms with Crippen LogP contribution < -0.4 is 0 Å². The second kappa shape index (κ2) is 6.04. The monoisotopic (exact) mass is 247 g/mol. The fourth-order valence-electron chi connectivity index (χ4n) is 2.11. The summed E-state index contributed by atoms with van der Waals surface area (Å²) in [6, 6.07) is 14.0. The molecule has 0 aliphatic rings. The molecule has 2 aromatic carbocycles. The molecular weight excluding hydrogens is 232 g/mol. The zero-order chi connectivity index (χ0) is 12.1. The van der Waals surface area contributed by atoms with Crippen LogP contribution in [0, 0.1) is 0 Å². The van der Waals surface area contributed by atoms with Crippen LogP contribution in [0.4, 0.5) is 0 Å². The Morgan fingerprint density at radius 1 is 1.00 bits per heavy atom. The van der Waals surface area contributed by atoms with Crippen LogP contribution in [0.2, 0.25) is 0 Å². The summed E-state index contributed by atoms with van der Waals surface area (Å²) in [6.45, 7) is 0. The number of benzene rings is 2. The van der Waals surface area contributed by atoms with Crippen LogP contribution in [0.3, 0.4) is 0 Å². The van der Waals surface area contributed by atoms with Crippen molar-refractivity contribution >= 4 is 22.4 Å². The van der Waals surface area contributed by atoms with E-state index in [4.69, 9.17) is 11.6 Å². The summed E-state index contributed by atoms with van der Waals surface area (Å²) in [5.74, 6) is 0.641. The lowest BCUT2D eigenvalue weighted by Crippen LogP contribution is -1.97. The van der Waals surface area contributed by atoms with Crippen LogP contribution in [0.1, 0.15) is 30.9 Å². The Bertz CT molecular complexity index is 476. The molecule has 0 aromatic heterocycles. The van der Waals surface area contributed by atoms with Crippen molar-refractivity contribution in [3.05, 3.63) is 48.0 Å². The van der Waals surface area contributed by atoms with E-state index in [2.05, 4.69) is 0 Å². The first-order valence-corrected chi connectivity index (χ1v) is 6.56. The average Bonchev–Trinajstić information content (AvgIpc) is 2.38. The largest absolute Gasteiger partial charge is 0.228 e. The Balaban J connectivity index is 2.22. The van der Waals surface area contributed by atoms with Gasteiger partial charge in [-0.3, -0.25) is 0 Å². The summed E-state index contributed by atoms with van der Waals surface area (Å²) in [5, 5.41) is 14.4. The molecule has 2 aromatic rings. The van der Waals surface area contributed by atoms with E-state index >= 15 is 0 Å². The van der Waals surface area contributed by atoms with Gasteiger partial charge in [-0.1, -0.05) is 42.5 Å². The first-order chi connectivity index (χ1) is 8.33. The zero-order valence-corrected chi connectivity index (χ0v) is 10.5. The third-order valence-electron chi connectivity index (χ3n) is 3.02. The van der Waals surface area contributed by atoms with Crippen LogP contribution in [0.5, 0.6) is 0 Å². The normalized spacial score (nSPS) is 12.8. The van der Waals surface area contributed by atoms with Gasteiger partial charge in [0.15, 0.2) is 0 Å². The summed E-state index contributed by atoms with van der Waals surface area (Å²) >= 11 is 5.62. The predicted molar refractivity (Wildman–Crippen MR) is 71.9 cm³/mol. The van der Waals surface area contributed by atoms with Crippen molar-refractivity contribution < 1.29 is 5.11 Å². The number of rotatable bonds is 5. The molecule has 1 atom stereocenters. The highest BCUT2D eigenvalue weighted by Crippen LogP contribution is 2.27. The lowest BCUT2D eigenvalue weighted by molar-refractivity contribution is 0.0804. The van der Waals surface area contributed by atoms with Crippen molar-refractivity contribution in [2.75, 3.05) is 5.88 Å². The highest BCUT2D eigenvalue weighted by molar-refractivity contribution is 6.17. The summed E-state index contributed by atoms with van der Waals surface area (Å²) in [6.07, 6.45) is 1.86. The fraction of sp³-hybridized carbons (Fsp3) is 0.333.